The van der Waals surface area contributed by atoms with E-state index in [0.29, 0.717) is 61.6 Å². The Kier molecular flexibility index (Phi) is 7.44. The Hall–Kier alpha value is -3.82. The van der Waals surface area contributed by atoms with Crippen molar-refractivity contribution in [1.29, 1.82) is 0 Å². The number of rotatable bonds is 5. The number of carboxylic acid groups (broad SMARTS) is 1. The van der Waals surface area contributed by atoms with Crippen LogP contribution in [0, 0.1) is 17.0 Å². The molecular formula is C35H35ClF2N3O4+. The third-order valence-corrected chi connectivity index (χ3v) is 10.8. The smallest absolute Gasteiger partial charge is 0.407 e. The number of likely N-dealkylation sites (tertiary alicyclic amines) is 2. The van der Waals surface area contributed by atoms with Gasteiger partial charge in [0.15, 0.2) is 0 Å². The van der Waals surface area contributed by atoms with Crippen LogP contribution in [-0.2, 0) is 6.42 Å². The molecule has 1 spiro atoms. The van der Waals surface area contributed by atoms with Crippen LogP contribution in [0.1, 0.15) is 76.4 Å². The summed E-state index contributed by atoms with van der Waals surface area (Å²) in [5.41, 5.74) is 2.85. The Balaban J connectivity index is 1.25. The van der Waals surface area contributed by atoms with Crippen molar-refractivity contribution in [1.82, 2.24) is 14.3 Å². The van der Waals surface area contributed by atoms with Crippen molar-refractivity contribution in [3.8, 4) is 0 Å². The molecule has 7 rings (SSSR count). The number of quaternary nitrogens is 1. The van der Waals surface area contributed by atoms with E-state index >= 15 is 0 Å². The number of aryl methyl sites for hydroxylation is 1. The number of halogens is 3. The maximum atomic E-state index is 14.7. The molecule has 3 amide bonds. The summed E-state index contributed by atoms with van der Waals surface area (Å²) in [5.74, 6) is -1.86. The quantitative estimate of drug-likeness (QED) is 0.301. The number of nitrogens with zero attached hydrogens (tertiary/aromatic N) is 3. The van der Waals surface area contributed by atoms with Crippen LogP contribution in [0.4, 0.5) is 19.3 Å². The lowest BCUT2D eigenvalue weighted by molar-refractivity contribution is 0.0658. The molecule has 2 aliphatic carbocycles. The zero-order valence-electron chi connectivity index (χ0n) is 24.9. The van der Waals surface area contributed by atoms with E-state index in [2.05, 4.69) is 0 Å². The molecule has 2 aliphatic heterocycles. The zero-order chi connectivity index (χ0) is 31.5. The van der Waals surface area contributed by atoms with Crippen LogP contribution in [-0.4, -0.2) is 65.0 Å². The summed E-state index contributed by atoms with van der Waals surface area (Å²) in [5, 5.41) is 9.89. The topological polar surface area (TPSA) is 77.9 Å². The van der Waals surface area contributed by atoms with Gasteiger partial charge in [-0.3, -0.25) is 4.79 Å². The summed E-state index contributed by atoms with van der Waals surface area (Å²) < 4.78 is 29.1. The van der Waals surface area contributed by atoms with E-state index in [0.717, 1.165) is 42.9 Å². The third kappa shape index (κ3) is 5.29. The summed E-state index contributed by atoms with van der Waals surface area (Å²) in [7, 11) is 0. The van der Waals surface area contributed by atoms with E-state index in [9.17, 15) is 28.3 Å². The first-order chi connectivity index (χ1) is 21.6. The Bertz CT molecular complexity index is 1680. The maximum Gasteiger partial charge on any atom is 0.407 e. The van der Waals surface area contributed by atoms with Gasteiger partial charge >= 0.3 is 12.0 Å². The van der Waals surface area contributed by atoms with Crippen molar-refractivity contribution < 1.29 is 28.3 Å². The van der Waals surface area contributed by atoms with Crippen LogP contribution in [0.25, 0.3) is 0 Å². The molecule has 7 nitrogen and oxygen atoms in total. The molecule has 2 unspecified atom stereocenters. The van der Waals surface area contributed by atoms with Crippen molar-refractivity contribution in [2.24, 2.45) is 5.41 Å². The molecule has 1 N–H and O–H groups in total. The van der Waals surface area contributed by atoms with Crippen LogP contribution in [0.15, 0.2) is 60.7 Å². The second kappa shape index (κ2) is 11.2. The first-order valence-corrected chi connectivity index (χ1v) is 16.0. The minimum Gasteiger partial charge on any atom is -0.465 e. The molecular weight excluding hydrogens is 600 g/mol. The second-order valence-corrected chi connectivity index (χ2v) is 13.6. The first kappa shape index (κ1) is 29.9. The summed E-state index contributed by atoms with van der Waals surface area (Å²) in [6.07, 6.45) is 4.16. The van der Waals surface area contributed by atoms with Gasteiger partial charge in [-0.1, -0.05) is 29.8 Å². The lowest BCUT2D eigenvalue weighted by Crippen LogP contribution is -2.55. The normalized spacial score (nSPS) is 23.6. The largest absolute Gasteiger partial charge is 0.465 e. The third-order valence-electron chi connectivity index (χ3n) is 10.5. The molecule has 234 valence electrons. The number of benzene rings is 3. The molecule has 4 aliphatic rings. The van der Waals surface area contributed by atoms with Gasteiger partial charge in [-0.25, -0.2) is 22.9 Å². The van der Waals surface area contributed by atoms with Crippen molar-refractivity contribution in [3.05, 3.63) is 99.6 Å². The van der Waals surface area contributed by atoms with Gasteiger partial charge in [-0.2, -0.15) is 0 Å². The SMILES string of the molecule is O=C(O)N1CCC2(CC1)CC[N+](C(=O)c1ccc3c(c1)C(N(C(=O)c1ccccc1Cl)C1CC1)CC3)(c1cc(F)cc(F)c1)C2. The van der Waals surface area contributed by atoms with E-state index in [-0.39, 0.29) is 39.5 Å². The second-order valence-electron chi connectivity index (χ2n) is 13.2. The highest BCUT2D eigenvalue weighted by atomic mass is 35.5. The Morgan fingerprint density at radius 3 is 2.31 bits per heavy atom. The Morgan fingerprint density at radius 1 is 0.933 bits per heavy atom. The molecule has 3 fully saturated rings. The number of amides is 3. The van der Waals surface area contributed by atoms with Gasteiger partial charge in [0.25, 0.3) is 5.91 Å². The molecule has 3 aromatic rings. The van der Waals surface area contributed by atoms with E-state index < -0.39 is 17.7 Å². The monoisotopic (exact) mass is 634 g/mol. The lowest BCUT2D eigenvalue weighted by Gasteiger charge is -2.39. The fourth-order valence-electron chi connectivity index (χ4n) is 7.97. The van der Waals surface area contributed by atoms with Gasteiger partial charge in [0, 0.05) is 49.2 Å². The summed E-state index contributed by atoms with van der Waals surface area (Å²) in [6, 6.07) is 15.9. The molecule has 0 radical (unpaired) electrons. The van der Waals surface area contributed by atoms with E-state index in [1.165, 1.54) is 17.0 Å². The maximum absolute atomic E-state index is 14.7. The fraction of sp³-hybridized carbons (Fsp3) is 0.400. The summed E-state index contributed by atoms with van der Waals surface area (Å²) in [4.78, 5) is 43.5. The standard InChI is InChI=1S/C35H34ClF2N3O4/c36-30-4-2-1-3-28(30)32(42)40(26-8-9-26)31-10-7-22-5-6-23(17-29(22)31)33(43)41(27-19-24(37)18-25(38)20-27)16-13-35(21-41)11-14-39(15-12-35)34(44)45/h1-6,17-20,26,31H,7-16,21H2/p+1. The lowest BCUT2D eigenvalue weighted by atomic mass is 9.77. The molecule has 0 aromatic heterocycles. The van der Waals surface area contributed by atoms with Crippen molar-refractivity contribution >= 4 is 35.2 Å². The predicted molar refractivity (Wildman–Crippen MR) is 166 cm³/mol. The van der Waals surface area contributed by atoms with E-state index in [1.807, 2.05) is 17.0 Å². The zero-order valence-corrected chi connectivity index (χ0v) is 25.6. The van der Waals surface area contributed by atoms with Gasteiger partial charge in [0.05, 0.1) is 35.3 Å². The summed E-state index contributed by atoms with van der Waals surface area (Å²) in [6.45, 7) is 1.41. The molecule has 2 atom stereocenters. The van der Waals surface area contributed by atoms with E-state index in [1.54, 1.807) is 30.3 Å². The Labute approximate surface area is 265 Å². The number of carbonyl (C=O) groups is 3. The average Bonchev–Trinajstić information content (AvgIpc) is 3.66. The highest BCUT2D eigenvalue weighted by Crippen LogP contribution is 2.48. The number of fused-ring (bicyclic) bond motifs is 1. The van der Waals surface area contributed by atoms with Gasteiger partial charge < -0.3 is 14.9 Å². The first-order valence-electron chi connectivity index (χ1n) is 15.7. The predicted octanol–water partition coefficient (Wildman–Crippen LogP) is 7.22. The number of hydrogen-bond donors (Lipinski definition) is 1. The van der Waals surface area contributed by atoms with Crippen LogP contribution in [0.2, 0.25) is 5.02 Å². The van der Waals surface area contributed by atoms with E-state index in [4.69, 9.17) is 11.6 Å². The van der Waals surface area contributed by atoms with Crippen LogP contribution < -0.4 is 4.48 Å². The number of carbonyl (C=O) groups excluding carboxylic acids is 2. The molecule has 2 saturated heterocycles. The highest BCUT2D eigenvalue weighted by molar-refractivity contribution is 6.33. The van der Waals surface area contributed by atoms with Crippen LogP contribution >= 0.6 is 11.6 Å². The molecule has 0 bridgehead atoms. The Morgan fingerprint density at radius 2 is 1.64 bits per heavy atom. The minimum atomic E-state index is -0.965. The average molecular weight is 635 g/mol. The summed E-state index contributed by atoms with van der Waals surface area (Å²) >= 11 is 6.44. The van der Waals surface area contributed by atoms with Gasteiger partial charge in [0.2, 0.25) is 0 Å². The molecule has 10 heteroatoms. The molecule has 3 aromatic carbocycles. The van der Waals surface area contributed by atoms with Gasteiger partial charge in [0.1, 0.15) is 17.3 Å². The molecule has 2 heterocycles. The highest BCUT2D eigenvalue weighted by Gasteiger charge is 2.55. The fourth-order valence-corrected chi connectivity index (χ4v) is 8.19. The number of hydrogen-bond acceptors (Lipinski definition) is 3. The van der Waals surface area contributed by atoms with Crippen LogP contribution in [0.3, 0.4) is 0 Å². The molecule has 45 heavy (non-hydrogen) atoms. The van der Waals surface area contributed by atoms with Crippen molar-refractivity contribution in [2.45, 2.75) is 57.0 Å². The van der Waals surface area contributed by atoms with Crippen molar-refractivity contribution in [3.63, 3.8) is 0 Å². The van der Waals surface area contributed by atoms with Crippen molar-refractivity contribution in [2.75, 3.05) is 26.2 Å². The number of piperidine rings is 1. The van der Waals surface area contributed by atoms with Gasteiger partial charge in [-0.15, -0.1) is 0 Å². The molecule has 1 saturated carbocycles. The van der Waals surface area contributed by atoms with Crippen LogP contribution in [0.5, 0.6) is 0 Å². The minimum absolute atomic E-state index is 0.104. The van der Waals surface area contributed by atoms with Gasteiger partial charge in [-0.05, 0) is 73.9 Å².